The van der Waals surface area contributed by atoms with Crippen LogP contribution in [-0.2, 0) is 14.6 Å². The summed E-state index contributed by atoms with van der Waals surface area (Å²) in [6, 6.07) is -0.203. The first kappa shape index (κ1) is 15.2. The van der Waals surface area contributed by atoms with Crippen LogP contribution in [0.3, 0.4) is 0 Å². The van der Waals surface area contributed by atoms with Crippen LogP contribution in [0.2, 0.25) is 0 Å². The molecular weight excluding hydrogens is 256 g/mol. The molecule has 0 aliphatic carbocycles. The number of hydrogen-bond acceptors (Lipinski definition) is 4. The maximum absolute atomic E-state index is 11.2. The number of amides is 2. The van der Waals surface area contributed by atoms with Crippen LogP contribution in [0.1, 0.15) is 19.3 Å². The SMILES string of the molecule is COCCNC(=O)NCCCC1CCS(=O)(=O)C1. The highest BCUT2D eigenvalue weighted by Crippen LogP contribution is 2.22. The molecule has 1 unspecified atom stereocenters. The first-order valence-corrected chi connectivity index (χ1v) is 8.06. The molecular formula is C11H22N2O4S. The Morgan fingerprint density at radius 2 is 2.06 bits per heavy atom. The molecule has 1 atom stereocenters. The maximum atomic E-state index is 11.2. The zero-order valence-electron chi connectivity index (χ0n) is 10.8. The molecule has 106 valence electrons. The van der Waals surface area contributed by atoms with E-state index in [9.17, 15) is 13.2 Å². The number of sulfone groups is 1. The third-order valence-electron chi connectivity index (χ3n) is 2.99. The molecule has 1 saturated heterocycles. The van der Waals surface area contributed by atoms with Gasteiger partial charge in [0.1, 0.15) is 0 Å². The minimum absolute atomic E-state index is 0.203. The maximum Gasteiger partial charge on any atom is 0.314 e. The molecule has 0 aromatic rings. The molecule has 0 radical (unpaired) electrons. The number of carbonyl (C=O) groups excluding carboxylic acids is 1. The lowest BCUT2D eigenvalue weighted by Gasteiger charge is -2.09. The van der Waals surface area contributed by atoms with E-state index >= 15 is 0 Å². The Morgan fingerprint density at radius 1 is 1.33 bits per heavy atom. The van der Waals surface area contributed by atoms with Crippen molar-refractivity contribution in [2.24, 2.45) is 5.92 Å². The van der Waals surface area contributed by atoms with Gasteiger partial charge in [0, 0.05) is 20.2 Å². The zero-order valence-corrected chi connectivity index (χ0v) is 11.6. The van der Waals surface area contributed by atoms with Gasteiger partial charge in [-0.15, -0.1) is 0 Å². The Morgan fingerprint density at radius 3 is 2.67 bits per heavy atom. The number of carbonyl (C=O) groups is 1. The van der Waals surface area contributed by atoms with Crippen molar-refractivity contribution < 1.29 is 17.9 Å². The number of nitrogens with one attached hydrogen (secondary N) is 2. The second-order valence-electron chi connectivity index (χ2n) is 4.59. The molecule has 0 aromatic carbocycles. The fourth-order valence-electron chi connectivity index (χ4n) is 2.02. The smallest absolute Gasteiger partial charge is 0.314 e. The van der Waals surface area contributed by atoms with Crippen molar-refractivity contribution >= 4 is 15.9 Å². The molecule has 1 aliphatic heterocycles. The average Bonchev–Trinajstić information content (AvgIpc) is 2.65. The van der Waals surface area contributed by atoms with Gasteiger partial charge in [0.2, 0.25) is 0 Å². The lowest BCUT2D eigenvalue weighted by Crippen LogP contribution is -2.37. The quantitative estimate of drug-likeness (QED) is 0.649. The van der Waals surface area contributed by atoms with E-state index in [1.807, 2.05) is 0 Å². The van der Waals surface area contributed by atoms with Crippen LogP contribution in [0, 0.1) is 5.92 Å². The second-order valence-corrected chi connectivity index (χ2v) is 6.82. The van der Waals surface area contributed by atoms with Crippen molar-refractivity contribution in [2.75, 3.05) is 38.3 Å². The summed E-state index contributed by atoms with van der Waals surface area (Å²) >= 11 is 0. The van der Waals surface area contributed by atoms with E-state index in [0.29, 0.717) is 31.2 Å². The summed E-state index contributed by atoms with van der Waals surface area (Å²) in [5.41, 5.74) is 0. The standard InChI is InChI=1S/C11H22N2O4S/c1-17-7-6-13-11(14)12-5-2-3-10-4-8-18(15,16)9-10/h10H,2-9H2,1H3,(H2,12,13,14). The number of methoxy groups -OCH3 is 1. The predicted molar refractivity (Wildman–Crippen MR) is 69.3 cm³/mol. The van der Waals surface area contributed by atoms with E-state index in [1.165, 1.54) is 0 Å². The highest BCUT2D eigenvalue weighted by molar-refractivity contribution is 7.91. The van der Waals surface area contributed by atoms with Gasteiger partial charge in [0.25, 0.3) is 0 Å². The Balaban J connectivity index is 2.00. The lowest BCUT2D eigenvalue weighted by atomic mass is 10.0. The topological polar surface area (TPSA) is 84.5 Å². The molecule has 1 aliphatic rings. The zero-order chi connectivity index (χ0) is 13.4. The van der Waals surface area contributed by atoms with E-state index < -0.39 is 9.84 Å². The van der Waals surface area contributed by atoms with Gasteiger partial charge in [-0.3, -0.25) is 0 Å². The predicted octanol–water partition coefficient (Wildman–Crippen LogP) is 0.147. The molecule has 0 bridgehead atoms. The van der Waals surface area contributed by atoms with Crippen molar-refractivity contribution in [1.82, 2.24) is 10.6 Å². The second kappa shape index (κ2) is 7.58. The Labute approximate surface area is 108 Å². The van der Waals surface area contributed by atoms with Gasteiger partial charge in [0.05, 0.1) is 18.1 Å². The highest BCUT2D eigenvalue weighted by Gasteiger charge is 2.27. The summed E-state index contributed by atoms with van der Waals surface area (Å²) in [7, 11) is -1.20. The van der Waals surface area contributed by atoms with Crippen molar-refractivity contribution in [3.63, 3.8) is 0 Å². The van der Waals surface area contributed by atoms with Crippen LogP contribution < -0.4 is 10.6 Å². The molecule has 6 nitrogen and oxygen atoms in total. The number of rotatable bonds is 7. The Bertz CT molecular complexity index is 356. The fourth-order valence-corrected chi connectivity index (χ4v) is 3.93. The van der Waals surface area contributed by atoms with Crippen LogP contribution in [-0.4, -0.2) is 52.8 Å². The molecule has 1 rings (SSSR count). The van der Waals surface area contributed by atoms with Crippen LogP contribution in [0.25, 0.3) is 0 Å². The van der Waals surface area contributed by atoms with Gasteiger partial charge in [0.15, 0.2) is 9.84 Å². The summed E-state index contributed by atoms with van der Waals surface area (Å²) in [4.78, 5) is 11.2. The van der Waals surface area contributed by atoms with Crippen molar-refractivity contribution in [3.05, 3.63) is 0 Å². The number of ether oxygens (including phenoxy) is 1. The molecule has 18 heavy (non-hydrogen) atoms. The van der Waals surface area contributed by atoms with Gasteiger partial charge in [-0.25, -0.2) is 13.2 Å². The molecule has 2 amide bonds. The molecule has 0 aromatic heterocycles. The van der Waals surface area contributed by atoms with Gasteiger partial charge >= 0.3 is 6.03 Å². The molecule has 2 N–H and O–H groups in total. The normalized spacial score (nSPS) is 21.7. The highest BCUT2D eigenvalue weighted by atomic mass is 32.2. The summed E-state index contributed by atoms with van der Waals surface area (Å²) in [5, 5.41) is 5.39. The lowest BCUT2D eigenvalue weighted by molar-refractivity contribution is 0.196. The van der Waals surface area contributed by atoms with Crippen LogP contribution in [0.15, 0.2) is 0 Å². The monoisotopic (exact) mass is 278 g/mol. The van der Waals surface area contributed by atoms with Crippen molar-refractivity contribution in [1.29, 1.82) is 0 Å². The minimum atomic E-state index is -2.78. The van der Waals surface area contributed by atoms with Gasteiger partial charge in [-0.05, 0) is 25.2 Å². The van der Waals surface area contributed by atoms with E-state index in [0.717, 1.165) is 19.3 Å². The summed E-state index contributed by atoms with van der Waals surface area (Å²) in [5.74, 6) is 0.906. The van der Waals surface area contributed by atoms with Gasteiger partial charge < -0.3 is 15.4 Å². The first-order chi connectivity index (χ1) is 8.53. The van der Waals surface area contributed by atoms with Gasteiger partial charge in [-0.1, -0.05) is 0 Å². The molecule has 1 fully saturated rings. The van der Waals surface area contributed by atoms with E-state index in [2.05, 4.69) is 10.6 Å². The van der Waals surface area contributed by atoms with Crippen molar-refractivity contribution in [2.45, 2.75) is 19.3 Å². The summed E-state index contributed by atoms with van der Waals surface area (Å²) in [6.07, 6.45) is 2.44. The van der Waals surface area contributed by atoms with E-state index in [1.54, 1.807) is 7.11 Å². The largest absolute Gasteiger partial charge is 0.383 e. The first-order valence-electron chi connectivity index (χ1n) is 6.24. The van der Waals surface area contributed by atoms with E-state index in [-0.39, 0.29) is 11.9 Å². The third-order valence-corrected chi connectivity index (χ3v) is 4.83. The summed E-state index contributed by atoms with van der Waals surface area (Å²) in [6.45, 7) is 1.56. The fraction of sp³-hybridized carbons (Fsp3) is 0.909. The average molecular weight is 278 g/mol. The van der Waals surface area contributed by atoms with Crippen LogP contribution >= 0.6 is 0 Å². The van der Waals surface area contributed by atoms with Gasteiger partial charge in [-0.2, -0.15) is 0 Å². The van der Waals surface area contributed by atoms with Crippen molar-refractivity contribution in [3.8, 4) is 0 Å². The minimum Gasteiger partial charge on any atom is -0.383 e. The van der Waals surface area contributed by atoms with Crippen LogP contribution in [0.5, 0.6) is 0 Å². The van der Waals surface area contributed by atoms with E-state index in [4.69, 9.17) is 4.74 Å². The number of urea groups is 1. The Kier molecular flexibility index (Phi) is 6.42. The van der Waals surface area contributed by atoms with Crippen LogP contribution in [0.4, 0.5) is 4.79 Å². The third kappa shape index (κ3) is 6.20. The molecule has 0 spiro atoms. The molecule has 0 saturated carbocycles. The Hall–Kier alpha value is -0.820. The number of hydrogen-bond donors (Lipinski definition) is 2. The molecule has 7 heteroatoms. The summed E-state index contributed by atoms with van der Waals surface area (Å²) < 4.78 is 27.3. The molecule has 1 heterocycles.